The van der Waals surface area contributed by atoms with E-state index in [2.05, 4.69) is 11.8 Å². The van der Waals surface area contributed by atoms with Crippen molar-refractivity contribution in [3.8, 4) is 0 Å². The van der Waals surface area contributed by atoms with Gasteiger partial charge in [0.1, 0.15) is 5.82 Å². The Morgan fingerprint density at radius 3 is 2.12 bits per heavy atom. The van der Waals surface area contributed by atoms with Crippen LogP contribution < -0.4 is 4.90 Å². The number of halogens is 1. The molecule has 6 heteroatoms. The van der Waals surface area contributed by atoms with Crippen molar-refractivity contribution < 1.29 is 12.8 Å². The van der Waals surface area contributed by atoms with Crippen LogP contribution >= 0.6 is 0 Å². The Labute approximate surface area is 155 Å². The summed E-state index contributed by atoms with van der Waals surface area (Å²) in [6, 6.07) is 13.6. The Bertz CT molecular complexity index is 812. The van der Waals surface area contributed by atoms with Crippen LogP contribution in [0, 0.1) is 5.82 Å². The maximum atomic E-state index is 13.1. The fourth-order valence-corrected chi connectivity index (χ4v) is 4.62. The quantitative estimate of drug-likeness (QED) is 0.772. The number of aryl methyl sites for hydroxylation is 1. The third-order valence-corrected chi connectivity index (χ3v) is 6.72. The van der Waals surface area contributed by atoms with Gasteiger partial charge in [0.15, 0.2) is 0 Å². The maximum Gasteiger partial charge on any atom is 0.243 e. The van der Waals surface area contributed by atoms with E-state index in [1.54, 1.807) is 24.3 Å². The molecule has 1 aliphatic heterocycles. The molecule has 0 amide bonds. The molecule has 4 nitrogen and oxygen atoms in total. The Morgan fingerprint density at radius 1 is 0.923 bits per heavy atom. The van der Waals surface area contributed by atoms with Crippen molar-refractivity contribution in [2.75, 3.05) is 31.1 Å². The summed E-state index contributed by atoms with van der Waals surface area (Å²) in [5, 5.41) is 0. The number of hydrogen-bond acceptors (Lipinski definition) is 3. The van der Waals surface area contributed by atoms with Crippen LogP contribution in [0.25, 0.3) is 0 Å². The third kappa shape index (κ3) is 4.24. The van der Waals surface area contributed by atoms with Gasteiger partial charge in [0.05, 0.1) is 4.90 Å². The highest BCUT2D eigenvalue weighted by Gasteiger charge is 2.28. The van der Waals surface area contributed by atoms with Crippen molar-refractivity contribution in [1.82, 2.24) is 4.31 Å². The lowest BCUT2D eigenvalue weighted by molar-refractivity contribution is 0.385. The smallest absolute Gasteiger partial charge is 0.243 e. The molecule has 0 spiro atoms. The fourth-order valence-electron chi connectivity index (χ4n) is 3.20. The minimum atomic E-state index is -3.46. The van der Waals surface area contributed by atoms with Gasteiger partial charge in [-0.25, -0.2) is 12.8 Å². The van der Waals surface area contributed by atoms with Crippen LogP contribution in [0.1, 0.15) is 25.3 Å². The predicted molar refractivity (Wildman–Crippen MR) is 102 cm³/mol. The van der Waals surface area contributed by atoms with Gasteiger partial charge in [-0.15, -0.1) is 0 Å². The van der Waals surface area contributed by atoms with Gasteiger partial charge >= 0.3 is 0 Å². The number of piperazine rings is 1. The minimum Gasteiger partial charge on any atom is -0.369 e. The Hall–Kier alpha value is -1.92. The number of unbranched alkanes of at least 4 members (excludes halogenated alkanes) is 1. The zero-order valence-electron chi connectivity index (χ0n) is 15.1. The monoisotopic (exact) mass is 376 g/mol. The van der Waals surface area contributed by atoms with E-state index >= 15 is 0 Å². The Kier molecular flexibility index (Phi) is 5.94. The highest BCUT2D eigenvalue weighted by atomic mass is 32.2. The number of benzene rings is 2. The van der Waals surface area contributed by atoms with Gasteiger partial charge in [-0.2, -0.15) is 4.31 Å². The lowest BCUT2D eigenvalue weighted by Gasteiger charge is -2.35. The molecule has 140 valence electrons. The van der Waals surface area contributed by atoms with E-state index in [0.717, 1.165) is 24.9 Å². The largest absolute Gasteiger partial charge is 0.369 e. The molecule has 2 aromatic carbocycles. The number of anilines is 1. The minimum absolute atomic E-state index is 0.266. The molecular weight excluding hydrogens is 351 g/mol. The van der Waals surface area contributed by atoms with Crippen molar-refractivity contribution in [1.29, 1.82) is 0 Å². The standard InChI is InChI=1S/C20H25FN2O2S/c1-2-3-4-17-5-11-20(12-6-17)26(24,25)23-15-13-22(14-16-23)19-9-7-18(21)8-10-19/h5-12H,2-4,13-16H2,1H3. The molecule has 1 saturated heterocycles. The van der Waals surface area contributed by atoms with Crippen molar-refractivity contribution in [3.05, 3.63) is 59.9 Å². The number of hydrogen-bond donors (Lipinski definition) is 0. The summed E-state index contributed by atoms with van der Waals surface area (Å²) < 4.78 is 40.3. The SMILES string of the molecule is CCCCc1ccc(S(=O)(=O)N2CCN(c3ccc(F)cc3)CC2)cc1. The molecule has 2 aromatic rings. The highest BCUT2D eigenvalue weighted by molar-refractivity contribution is 7.89. The first-order chi connectivity index (χ1) is 12.5. The molecule has 0 radical (unpaired) electrons. The lowest BCUT2D eigenvalue weighted by atomic mass is 10.1. The molecule has 26 heavy (non-hydrogen) atoms. The topological polar surface area (TPSA) is 40.6 Å². The number of sulfonamides is 1. The summed E-state index contributed by atoms with van der Waals surface area (Å²) in [4.78, 5) is 2.44. The Balaban J connectivity index is 1.65. The molecule has 1 heterocycles. The summed E-state index contributed by atoms with van der Waals surface area (Å²) in [5.41, 5.74) is 2.09. The molecular formula is C20H25FN2O2S. The van der Waals surface area contributed by atoms with Gasteiger partial charge in [-0.05, 0) is 54.8 Å². The van der Waals surface area contributed by atoms with Gasteiger partial charge in [0.2, 0.25) is 10.0 Å². The highest BCUT2D eigenvalue weighted by Crippen LogP contribution is 2.22. The number of nitrogens with zero attached hydrogens (tertiary/aromatic N) is 2. The first-order valence-electron chi connectivity index (χ1n) is 9.10. The molecule has 0 saturated carbocycles. The van der Waals surface area contributed by atoms with Crippen LogP contribution in [0.3, 0.4) is 0 Å². The van der Waals surface area contributed by atoms with E-state index in [-0.39, 0.29) is 5.82 Å². The van der Waals surface area contributed by atoms with Gasteiger partial charge in [-0.3, -0.25) is 0 Å². The van der Waals surface area contributed by atoms with Gasteiger partial charge in [0, 0.05) is 31.9 Å². The molecule has 0 aliphatic carbocycles. The number of rotatable bonds is 6. The summed E-state index contributed by atoms with van der Waals surface area (Å²) in [6.07, 6.45) is 3.21. The molecule has 0 N–H and O–H groups in total. The lowest BCUT2D eigenvalue weighted by Crippen LogP contribution is -2.48. The molecule has 0 bridgehead atoms. The van der Waals surface area contributed by atoms with Gasteiger partial charge in [-0.1, -0.05) is 25.5 Å². The Morgan fingerprint density at radius 2 is 1.54 bits per heavy atom. The first-order valence-corrected chi connectivity index (χ1v) is 10.5. The van der Waals surface area contributed by atoms with Crippen molar-refractivity contribution >= 4 is 15.7 Å². The second-order valence-electron chi connectivity index (χ2n) is 6.62. The van der Waals surface area contributed by atoms with Gasteiger partial charge in [0.25, 0.3) is 0 Å². The second-order valence-corrected chi connectivity index (χ2v) is 8.55. The molecule has 0 aromatic heterocycles. The van der Waals surface area contributed by atoms with Crippen LogP contribution in [-0.2, 0) is 16.4 Å². The van der Waals surface area contributed by atoms with Gasteiger partial charge < -0.3 is 4.90 Å². The van der Waals surface area contributed by atoms with E-state index in [0.29, 0.717) is 31.1 Å². The average molecular weight is 376 g/mol. The van der Waals surface area contributed by atoms with E-state index in [9.17, 15) is 12.8 Å². The van der Waals surface area contributed by atoms with Crippen molar-refractivity contribution in [3.63, 3.8) is 0 Å². The van der Waals surface area contributed by atoms with E-state index in [1.807, 2.05) is 12.1 Å². The van der Waals surface area contributed by atoms with Crippen LogP contribution in [0.4, 0.5) is 10.1 Å². The van der Waals surface area contributed by atoms with Crippen LogP contribution in [0.5, 0.6) is 0 Å². The first kappa shape index (κ1) is 18.9. The second kappa shape index (κ2) is 8.18. The third-order valence-electron chi connectivity index (χ3n) is 4.81. The summed E-state index contributed by atoms with van der Waals surface area (Å²) in [6.45, 7) is 4.19. The summed E-state index contributed by atoms with van der Waals surface area (Å²) in [5.74, 6) is -0.266. The van der Waals surface area contributed by atoms with Crippen LogP contribution in [-0.4, -0.2) is 38.9 Å². The van der Waals surface area contributed by atoms with E-state index in [4.69, 9.17) is 0 Å². The van der Waals surface area contributed by atoms with Crippen molar-refractivity contribution in [2.24, 2.45) is 0 Å². The van der Waals surface area contributed by atoms with E-state index in [1.165, 1.54) is 22.0 Å². The van der Waals surface area contributed by atoms with Crippen LogP contribution in [0.2, 0.25) is 0 Å². The molecule has 1 aliphatic rings. The summed E-state index contributed by atoms with van der Waals surface area (Å²) >= 11 is 0. The molecule has 0 unspecified atom stereocenters. The predicted octanol–water partition coefficient (Wildman–Crippen LogP) is 3.68. The van der Waals surface area contributed by atoms with Crippen molar-refractivity contribution in [2.45, 2.75) is 31.1 Å². The summed E-state index contributed by atoms with van der Waals surface area (Å²) in [7, 11) is -3.46. The zero-order chi connectivity index (χ0) is 18.6. The fraction of sp³-hybridized carbons (Fsp3) is 0.400. The zero-order valence-corrected chi connectivity index (χ0v) is 15.9. The van der Waals surface area contributed by atoms with E-state index < -0.39 is 10.0 Å². The van der Waals surface area contributed by atoms with Crippen LogP contribution in [0.15, 0.2) is 53.4 Å². The molecule has 1 fully saturated rings. The molecule has 3 rings (SSSR count). The normalized spacial score (nSPS) is 16.0. The maximum absolute atomic E-state index is 13.1. The molecule has 0 atom stereocenters. The average Bonchev–Trinajstić information content (AvgIpc) is 2.67.